The van der Waals surface area contributed by atoms with Crippen LogP contribution in [0.2, 0.25) is 5.02 Å². The molecule has 0 aromatic heterocycles. The summed E-state index contributed by atoms with van der Waals surface area (Å²) in [6.45, 7) is 1.84. The number of aryl methyl sites for hydroxylation is 1. The first-order valence-corrected chi connectivity index (χ1v) is 12.0. The van der Waals surface area contributed by atoms with Crippen LogP contribution in [-0.2, 0) is 19.9 Å². The number of nitrogens with zero attached hydrogens (tertiary/aromatic N) is 1. The molecule has 3 aliphatic heterocycles. The minimum Gasteiger partial charge on any atom is -0.324 e. The van der Waals surface area contributed by atoms with Crippen LogP contribution in [0.1, 0.15) is 17.5 Å². The molecule has 2 saturated heterocycles. The smallest absolute Gasteiger partial charge is 0.250 e. The number of amides is 3. The fourth-order valence-corrected chi connectivity index (χ4v) is 5.97. The molecule has 160 valence electrons. The average Bonchev–Trinajstić information content (AvgIpc) is 3.33. The van der Waals surface area contributed by atoms with E-state index in [-0.39, 0.29) is 23.8 Å². The first-order chi connectivity index (χ1) is 14.9. The van der Waals surface area contributed by atoms with Crippen LogP contribution in [-0.4, -0.2) is 35.8 Å². The van der Waals surface area contributed by atoms with Crippen molar-refractivity contribution in [3.8, 4) is 0 Å². The number of carbonyl (C=O) groups excluding carboxylic acids is 3. The van der Waals surface area contributed by atoms with Crippen molar-refractivity contribution < 1.29 is 14.4 Å². The third-order valence-corrected chi connectivity index (χ3v) is 7.55. The molecule has 0 saturated carbocycles. The second-order valence-corrected chi connectivity index (χ2v) is 9.71. The van der Waals surface area contributed by atoms with Gasteiger partial charge in [0.15, 0.2) is 0 Å². The molecule has 5 rings (SSSR count). The van der Waals surface area contributed by atoms with E-state index in [9.17, 15) is 14.4 Å². The number of anilines is 2. The van der Waals surface area contributed by atoms with E-state index in [4.69, 9.17) is 11.6 Å². The minimum absolute atomic E-state index is 0.270. The van der Waals surface area contributed by atoms with Gasteiger partial charge >= 0.3 is 0 Å². The Morgan fingerprint density at radius 1 is 1.13 bits per heavy atom. The molecule has 3 heterocycles. The Labute approximate surface area is 189 Å². The molecule has 3 aliphatic rings. The summed E-state index contributed by atoms with van der Waals surface area (Å²) in [4.78, 5) is 42.1. The van der Waals surface area contributed by atoms with Gasteiger partial charge in [-0.25, -0.2) is 4.90 Å². The molecular weight excluding hydrogens is 434 g/mol. The van der Waals surface area contributed by atoms with E-state index in [1.54, 1.807) is 30.0 Å². The summed E-state index contributed by atoms with van der Waals surface area (Å²) >= 11 is 7.87. The van der Waals surface area contributed by atoms with E-state index in [1.807, 2.05) is 37.4 Å². The van der Waals surface area contributed by atoms with Crippen LogP contribution in [0.3, 0.4) is 0 Å². The fourth-order valence-electron chi connectivity index (χ4n) is 5.31. The SMILES string of the molecule is CSCC[C@@H]1N[C@]2(C(=O)Nc3ccccc32)[C@@H]2C(=O)N(c3cc(Cl)ccc3C)C(=O)[C@H]12. The van der Waals surface area contributed by atoms with Gasteiger partial charge in [0.25, 0.3) is 0 Å². The predicted molar refractivity (Wildman–Crippen MR) is 122 cm³/mol. The van der Waals surface area contributed by atoms with Crippen molar-refractivity contribution in [2.45, 2.75) is 24.9 Å². The molecule has 6 nitrogen and oxygen atoms in total. The lowest BCUT2D eigenvalue weighted by atomic mass is 9.76. The van der Waals surface area contributed by atoms with Gasteiger partial charge in [-0.15, -0.1) is 0 Å². The predicted octanol–water partition coefficient (Wildman–Crippen LogP) is 3.33. The highest BCUT2D eigenvalue weighted by Crippen LogP contribution is 2.54. The number of fused-ring (bicyclic) bond motifs is 4. The number of benzene rings is 2. The zero-order valence-electron chi connectivity index (χ0n) is 17.1. The summed E-state index contributed by atoms with van der Waals surface area (Å²) in [5.74, 6) is -1.51. The molecule has 2 fully saturated rings. The zero-order chi connectivity index (χ0) is 21.9. The second-order valence-electron chi connectivity index (χ2n) is 8.29. The standard InChI is InChI=1S/C23H22ClN3O3S/c1-12-7-8-13(24)11-17(12)27-20(28)18-16(9-10-31-2)26-23(19(18)21(27)29)14-5-3-4-6-15(14)25-22(23)30/h3-8,11,16,18-19,26H,9-10H2,1-2H3,(H,25,30)/t16-,18+,19-,23-/m0/s1. The lowest BCUT2D eigenvalue weighted by Crippen LogP contribution is -2.53. The lowest BCUT2D eigenvalue weighted by Gasteiger charge is -2.29. The average molecular weight is 456 g/mol. The van der Waals surface area contributed by atoms with Gasteiger partial charge in [0.1, 0.15) is 5.54 Å². The zero-order valence-corrected chi connectivity index (χ0v) is 18.7. The summed E-state index contributed by atoms with van der Waals surface area (Å²) in [5.41, 5.74) is 1.43. The molecule has 0 radical (unpaired) electrons. The maximum atomic E-state index is 13.8. The molecular formula is C23H22ClN3O3S. The van der Waals surface area contributed by atoms with E-state index in [0.29, 0.717) is 22.8 Å². The van der Waals surface area contributed by atoms with Crippen LogP contribution >= 0.6 is 23.4 Å². The minimum atomic E-state index is -1.25. The van der Waals surface area contributed by atoms with Crippen molar-refractivity contribution in [3.05, 3.63) is 58.6 Å². The molecule has 1 spiro atoms. The number of hydrogen-bond acceptors (Lipinski definition) is 5. The van der Waals surface area contributed by atoms with E-state index in [0.717, 1.165) is 16.9 Å². The Morgan fingerprint density at radius 3 is 2.68 bits per heavy atom. The maximum Gasteiger partial charge on any atom is 0.250 e. The van der Waals surface area contributed by atoms with Crippen LogP contribution in [0.5, 0.6) is 0 Å². The van der Waals surface area contributed by atoms with Crippen LogP contribution in [0.25, 0.3) is 0 Å². The molecule has 2 N–H and O–H groups in total. The van der Waals surface area contributed by atoms with Crippen LogP contribution in [0.15, 0.2) is 42.5 Å². The lowest BCUT2D eigenvalue weighted by molar-refractivity contribution is -0.130. The van der Waals surface area contributed by atoms with Gasteiger partial charge < -0.3 is 5.32 Å². The number of carbonyl (C=O) groups is 3. The highest BCUT2D eigenvalue weighted by atomic mass is 35.5. The van der Waals surface area contributed by atoms with E-state index >= 15 is 0 Å². The van der Waals surface area contributed by atoms with Gasteiger partial charge in [0.2, 0.25) is 17.7 Å². The Bertz CT molecular complexity index is 1120. The van der Waals surface area contributed by atoms with Crippen molar-refractivity contribution in [3.63, 3.8) is 0 Å². The Morgan fingerprint density at radius 2 is 1.90 bits per heavy atom. The number of imide groups is 1. The van der Waals surface area contributed by atoms with Crippen LogP contribution < -0.4 is 15.5 Å². The first kappa shape index (κ1) is 20.5. The quantitative estimate of drug-likeness (QED) is 0.691. The molecule has 0 bridgehead atoms. The molecule has 2 aromatic carbocycles. The second kappa shape index (κ2) is 7.36. The number of para-hydroxylation sites is 1. The van der Waals surface area contributed by atoms with Crippen molar-refractivity contribution in [1.29, 1.82) is 0 Å². The molecule has 31 heavy (non-hydrogen) atoms. The van der Waals surface area contributed by atoms with Crippen molar-refractivity contribution in [2.24, 2.45) is 11.8 Å². The molecule has 0 unspecified atom stereocenters. The summed E-state index contributed by atoms with van der Waals surface area (Å²) in [7, 11) is 0. The summed E-state index contributed by atoms with van der Waals surface area (Å²) in [6.07, 6.45) is 2.68. The first-order valence-electron chi connectivity index (χ1n) is 10.2. The van der Waals surface area contributed by atoms with Crippen LogP contribution in [0, 0.1) is 18.8 Å². The molecule has 8 heteroatoms. The largest absolute Gasteiger partial charge is 0.324 e. The van der Waals surface area contributed by atoms with E-state index < -0.39 is 17.4 Å². The highest BCUT2D eigenvalue weighted by Gasteiger charge is 2.70. The summed E-state index contributed by atoms with van der Waals surface area (Å²) < 4.78 is 0. The van der Waals surface area contributed by atoms with Crippen molar-refractivity contribution >= 4 is 52.5 Å². The van der Waals surface area contributed by atoms with Crippen LogP contribution in [0.4, 0.5) is 11.4 Å². The van der Waals surface area contributed by atoms with Gasteiger partial charge in [-0.1, -0.05) is 35.9 Å². The number of nitrogens with one attached hydrogen (secondary N) is 2. The molecule has 2 aromatic rings. The molecule has 4 atom stereocenters. The fraction of sp³-hybridized carbons (Fsp3) is 0.348. The van der Waals surface area contributed by atoms with Gasteiger partial charge in [-0.3, -0.25) is 19.7 Å². The number of rotatable bonds is 4. The van der Waals surface area contributed by atoms with Crippen molar-refractivity contribution in [2.75, 3.05) is 22.2 Å². The van der Waals surface area contributed by atoms with Crippen molar-refractivity contribution in [1.82, 2.24) is 5.32 Å². The third-order valence-electron chi connectivity index (χ3n) is 6.67. The van der Waals surface area contributed by atoms with Gasteiger partial charge in [0, 0.05) is 22.3 Å². The van der Waals surface area contributed by atoms with Gasteiger partial charge in [-0.05, 0) is 49.1 Å². The Balaban J connectivity index is 1.67. The number of thioether (sulfide) groups is 1. The normalized spacial score (nSPS) is 28.9. The van der Waals surface area contributed by atoms with E-state index in [2.05, 4.69) is 10.6 Å². The molecule has 3 amide bonds. The Kier molecular flexibility index (Phi) is 4.88. The highest BCUT2D eigenvalue weighted by molar-refractivity contribution is 7.98. The van der Waals surface area contributed by atoms with Gasteiger partial charge in [-0.2, -0.15) is 11.8 Å². The number of halogens is 1. The third kappa shape index (κ3) is 2.80. The van der Waals surface area contributed by atoms with E-state index in [1.165, 1.54) is 4.90 Å². The summed E-state index contributed by atoms with van der Waals surface area (Å²) in [5, 5.41) is 6.82. The van der Waals surface area contributed by atoms with Gasteiger partial charge in [0.05, 0.1) is 17.5 Å². The summed E-state index contributed by atoms with van der Waals surface area (Å²) in [6, 6.07) is 12.3. The Hall–Kier alpha value is -2.35. The molecule has 0 aliphatic carbocycles. The maximum absolute atomic E-state index is 13.8. The topological polar surface area (TPSA) is 78.5 Å². The number of hydrogen-bond donors (Lipinski definition) is 2. The monoisotopic (exact) mass is 455 g/mol.